The van der Waals surface area contributed by atoms with Crippen molar-refractivity contribution in [3.63, 3.8) is 0 Å². The van der Waals surface area contributed by atoms with E-state index < -0.39 is 23.6 Å². The summed E-state index contributed by atoms with van der Waals surface area (Å²) in [6.07, 6.45) is 7.03. The molecule has 2 aliphatic heterocycles. The first-order chi connectivity index (χ1) is 16.1. The zero-order chi connectivity index (χ0) is 25.2. The van der Waals surface area contributed by atoms with Crippen LogP contribution < -0.4 is 0 Å². The number of rotatable bonds is 1. The van der Waals surface area contributed by atoms with Crippen molar-refractivity contribution in [1.82, 2.24) is 0 Å². The molecule has 5 saturated carbocycles. The van der Waals surface area contributed by atoms with Gasteiger partial charge in [-0.25, -0.2) is 0 Å². The smallest absolute Gasteiger partial charge is 0.199 e. The number of ketones is 1. The third-order valence-corrected chi connectivity index (χ3v) is 13.9. The van der Waals surface area contributed by atoms with Crippen molar-refractivity contribution in [2.75, 3.05) is 0 Å². The molecule has 0 aromatic heterocycles. The molecule has 0 amide bonds. The zero-order valence-electron chi connectivity index (χ0n) is 22.8. The number of hydrogen-bond acceptors (Lipinski definition) is 5. The van der Waals surface area contributed by atoms with Crippen molar-refractivity contribution in [2.24, 2.45) is 50.7 Å². The molecule has 12 atom stereocenters. The van der Waals surface area contributed by atoms with E-state index in [0.717, 1.165) is 38.5 Å². The van der Waals surface area contributed by atoms with Crippen molar-refractivity contribution < 1.29 is 24.5 Å². The van der Waals surface area contributed by atoms with Crippen LogP contribution in [0, 0.1) is 50.7 Å². The summed E-state index contributed by atoms with van der Waals surface area (Å²) in [7, 11) is 0. The van der Waals surface area contributed by atoms with Gasteiger partial charge in [0.15, 0.2) is 5.79 Å². The van der Waals surface area contributed by atoms with Crippen LogP contribution in [-0.4, -0.2) is 45.7 Å². The van der Waals surface area contributed by atoms with Crippen LogP contribution in [0.15, 0.2) is 0 Å². The molecule has 7 fully saturated rings. The molecule has 5 nitrogen and oxygen atoms in total. The molecule has 2 bridgehead atoms. The van der Waals surface area contributed by atoms with Crippen LogP contribution >= 0.6 is 0 Å². The summed E-state index contributed by atoms with van der Waals surface area (Å²) in [5.74, 6) is 0.809. The molecule has 2 heterocycles. The third kappa shape index (κ3) is 2.25. The SMILES string of the molecule is CC1CC2OC3(O[C@@H]2C(C)(C)O)C1[C@@]1(C)CC[C@@]24C[C@@]25CCC(=O)C(C)(C)C5CCC4[C@]1(C)[C@H]3O. The van der Waals surface area contributed by atoms with Gasteiger partial charge < -0.3 is 19.7 Å². The second-order valence-electron chi connectivity index (χ2n) is 15.7. The maximum Gasteiger partial charge on any atom is 0.199 e. The monoisotopic (exact) mass is 486 g/mol. The van der Waals surface area contributed by atoms with Gasteiger partial charge in [-0.3, -0.25) is 4.79 Å². The molecule has 5 heteroatoms. The Labute approximate surface area is 210 Å². The van der Waals surface area contributed by atoms with Crippen LogP contribution in [0.2, 0.25) is 0 Å². The summed E-state index contributed by atoms with van der Waals surface area (Å²) in [5.41, 5.74) is -1.13. The highest BCUT2D eigenvalue weighted by molar-refractivity contribution is 5.86. The van der Waals surface area contributed by atoms with Gasteiger partial charge in [-0.1, -0.05) is 34.6 Å². The molecule has 6 unspecified atom stereocenters. The molecule has 7 aliphatic rings. The summed E-state index contributed by atoms with van der Waals surface area (Å²) in [4.78, 5) is 12.9. The predicted octanol–water partition coefficient (Wildman–Crippen LogP) is 4.87. The topological polar surface area (TPSA) is 76.0 Å². The number of Topliss-reactive ketones (excluding diaryl/α,β-unsaturated/α-hetero) is 1. The van der Waals surface area contributed by atoms with Crippen LogP contribution in [0.3, 0.4) is 0 Å². The van der Waals surface area contributed by atoms with Gasteiger partial charge in [-0.05, 0) is 92.8 Å². The highest BCUT2D eigenvalue weighted by Crippen LogP contribution is 2.90. The number of aliphatic hydroxyl groups excluding tert-OH is 1. The average Bonchev–Trinajstić information content (AvgIpc) is 3.28. The standard InChI is InChI=1S/C30H46O5/c1-16-14-17-22(25(4,5)33)35-30(34-17)21(16)26(6)12-13-29-15-28(29)11-10-20(31)24(2,3)18(28)8-9-19(29)27(26,7)23(30)32/h16-19,21-23,32-33H,8-15H2,1-7H3/t16?,17?,18?,19?,21?,22-,23+,26+,27+,28+,29-,30?/m0/s1. The summed E-state index contributed by atoms with van der Waals surface area (Å²) < 4.78 is 13.5. The summed E-state index contributed by atoms with van der Waals surface area (Å²) in [5, 5.41) is 23.4. The van der Waals surface area contributed by atoms with Crippen molar-refractivity contribution in [1.29, 1.82) is 0 Å². The third-order valence-electron chi connectivity index (χ3n) is 13.9. The number of carbonyl (C=O) groups excluding carboxylic acids is 1. The first kappa shape index (κ1) is 23.6. The minimum Gasteiger partial charge on any atom is -0.388 e. The lowest BCUT2D eigenvalue weighted by atomic mass is 9.41. The number of aliphatic hydroxyl groups is 2. The van der Waals surface area contributed by atoms with Gasteiger partial charge in [0.05, 0.1) is 11.7 Å². The molecule has 0 radical (unpaired) electrons. The second-order valence-corrected chi connectivity index (χ2v) is 15.7. The van der Waals surface area contributed by atoms with Crippen molar-refractivity contribution in [2.45, 2.75) is 130 Å². The lowest BCUT2D eigenvalue weighted by molar-refractivity contribution is -0.282. The van der Waals surface area contributed by atoms with E-state index in [-0.39, 0.29) is 39.1 Å². The quantitative estimate of drug-likeness (QED) is 0.553. The van der Waals surface area contributed by atoms with Crippen LogP contribution in [0.4, 0.5) is 0 Å². The molecule has 7 rings (SSSR count). The van der Waals surface area contributed by atoms with E-state index in [0.29, 0.717) is 23.5 Å². The van der Waals surface area contributed by atoms with Gasteiger partial charge in [0.2, 0.25) is 0 Å². The van der Waals surface area contributed by atoms with Crippen molar-refractivity contribution in [3.8, 4) is 0 Å². The number of hydrogen-bond donors (Lipinski definition) is 2. The molecular formula is C30H46O5. The molecule has 5 aliphatic carbocycles. The summed E-state index contributed by atoms with van der Waals surface area (Å²) >= 11 is 0. The van der Waals surface area contributed by atoms with Gasteiger partial charge >= 0.3 is 0 Å². The Hall–Kier alpha value is -0.490. The second kappa shape index (κ2) is 6.21. The Kier molecular flexibility index (Phi) is 4.19. The Morgan fingerprint density at radius 3 is 2.31 bits per heavy atom. The van der Waals surface area contributed by atoms with E-state index in [2.05, 4.69) is 34.6 Å². The maximum absolute atomic E-state index is 12.9. The molecule has 2 N–H and O–H groups in total. The predicted molar refractivity (Wildman–Crippen MR) is 131 cm³/mol. The number of fused-ring (bicyclic) bond motifs is 4. The lowest BCUT2D eigenvalue weighted by Crippen LogP contribution is -2.59. The van der Waals surface area contributed by atoms with Gasteiger partial charge in [-0.15, -0.1) is 0 Å². The first-order valence-corrected chi connectivity index (χ1v) is 14.4. The highest BCUT2D eigenvalue weighted by Gasteiger charge is 2.88. The number of carbonyl (C=O) groups is 1. The van der Waals surface area contributed by atoms with Crippen molar-refractivity contribution >= 4 is 5.78 Å². The minimum absolute atomic E-state index is 0.0855. The average molecular weight is 487 g/mol. The van der Waals surface area contributed by atoms with Gasteiger partial charge in [0, 0.05) is 23.2 Å². The Bertz CT molecular complexity index is 999. The summed E-state index contributed by atoms with van der Waals surface area (Å²) in [6, 6.07) is 0. The van der Waals surface area contributed by atoms with Gasteiger partial charge in [-0.2, -0.15) is 0 Å². The van der Waals surface area contributed by atoms with E-state index in [4.69, 9.17) is 9.47 Å². The minimum atomic E-state index is -1.03. The Morgan fingerprint density at radius 1 is 0.971 bits per heavy atom. The molecule has 196 valence electrons. The van der Waals surface area contributed by atoms with Gasteiger partial charge in [0.1, 0.15) is 18.0 Å². The van der Waals surface area contributed by atoms with Crippen LogP contribution in [0.1, 0.15) is 99.8 Å². The Morgan fingerprint density at radius 2 is 1.63 bits per heavy atom. The normalized spacial score (nSPS) is 61.9. The lowest BCUT2D eigenvalue weighted by Gasteiger charge is -2.62. The maximum atomic E-state index is 12.9. The van der Waals surface area contributed by atoms with E-state index in [1.807, 2.05) is 13.8 Å². The van der Waals surface area contributed by atoms with Crippen molar-refractivity contribution in [3.05, 3.63) is 0 Å². The Balaban J connectivity index is 1.33. The van der Waals surface area contributed by atoms with Gasteiger partial charge in [0.25, 0.3) is 0 Å². The molecular weight excluding hydrogens is 440 g/mol. The van der Waals surface area contributed by atoms with Crippen LogP contribution in [-0.2, 0) is 14.3 Å². The number of ether oxygens (including phenoxy) is 2. The zero-order valence-corrected chi connectivity index (χ0v) is 22.8. The van der Waals surface area contributed by atoms with E-state index in [1.54, 1.807) is 0 Å². The fourth-order valence-electron chi connectivity index (χ4n) is 12.5. The largest absolute Gasteiger partial charge is 0.388 e. The fraction of sp³-hybridized carbons (Fsp3) is 0.967. The molecule has 35 heavy (non-hydrogen) atoms. The van der Waals surface area contributed by atoms with E-state index in [1.165, 1.54) is 12.8 Å². The van der Waals surface area contributed by atoms with Crippen LogP contribution in [0.5, 0.6) is 0 Å². The molecule has 0 aromatic rings. The van der Waals surface area contributed by atoms with E-state index >= 15 is 0 Å². The first-order valence-electron chi connectivity index (χ1n) is 14.4. The van der Waals surface area contributed by atoms with Crippen LogP contribution in [0.25, 0.3) is 0 Å². The summed E-state index contributed by atoms with van der Waals surface area (Å²) in [6.45, 7) is 15.2. The van der Waals surface area contributed by atoms with E-state index in [9.17, 15) is 15.0 Å². The highest BCUT2D eigenvalue weighted by atomic mass is 16.8. The fourth-order valence-corrected chi connectivity index (χ4v) is 12.5. The molecule has 2 saturated heterocycles. The molecule has 3 spiro atoms. The molecule has 0 aromatic carbocycles.